The van der Waals surface area contributed by atoms with Crippen LogP contribution in [0.4, 0.5) is 0 Å². The quantitative estimate of drug-likeness (QED) is 0.916. The Kier molecular flexibility index (Phi) is 3.40. The Morgan fingerprint density at radius 2 is 1.91 bits per heavy atom. The van der Waals surface area contributed by atoms with Gasteiger partial charge in [-0.1, -0.05) is 18.2 Å². The summed E-state index contributed by atoms with van der Waals surface area (Å²) in [5.74, 6) is 0. The van der Waals surface area contributed by atoms with Gasteiger partial charge in [-0.15, -0.1) is 0 Å². The molecular weight excluding hydrogens is 298 g/mol. The largest absolute Gasteiger partial charge is 0.315 e. The zero-order chi connectivity index (χ0) is 15.2. The van der Waals surface area contributed by atoms with E-state index in [4.69, 9.17) is 0 Å². The van der Waals surface area contributed by atoms with E-state index in [1.165, 1.54) is 0 Å². The van der Waals surface area contributed by atoms with E-state index in [1.807, 2.05) is 18.2 Å². The van der Waals surface area contributed by atoms with Crippen molar-refractivity contribution in [1.82, 2.24) is 14.6 Å². The smallest absolute Gasteiger partial charge is 0.245 e. The van der Waals surface area contributed by atoms with E-state index in [0.29, 0.717) is 10.4 Å². The van der Waals surface area contributed by atoms with Crippen molar-refractivity contribution in [1.29, 1.82) is 0 Å². The first-order chi connectivity index (χ1) is 10.7. The number of pyridine rings is 1. The summed E-state index contributed by atoms with van der Waals surface area (Å²) in [6, 6.07) is 9.30. The van der Waals surface area contributed by atoms with Gasteiger partial charge in [-0.25, -0.2) is 8.42 Å². The van der Waals surface area contributed by atoms with Gasteiger partial charge in [0, 0.05) is 30.2 Å². The zero-order valence-electron chi connectivity index (χ0n) is 12.3. The fraction of sp³-hybridized carbons (Fsp3) is 0.438. The number of nitrogens with zero attached hydrogens (tertiary/aromatic N) is 2. The number of aromatic nitrogens is 1. The molecule has 0 spiro atoms. The third-order valence-electron chi connectivity index (χ3n) is 4.74. The van der Waals surface area contributed by atoms with Crippen LogP contribution in [0.2, 0.25) is 0 Å². The van der Waals surface area contributed by atoms with E-state index in [0.717, 1.165) is 37.7 Å². The van der Waals surface area contributed by atoms with Crippen molar-refractivity contribution >= 4 is 20.9 Å². The van der Waals surface area contributed by atoms with Gasteiger partial charge in [0.25, 0.3) is 0 Å². The lowest BCUT2D eigenvalue weighted by molar-refractivity contribution is 0.335. The highest BCUT2D eigenvalue weighted by molar-refractivity contribution is 7.89. The lowest BCUT2D eigenvalue weighted by Crippen LogP contribution is -2.42. The van der Waals surface area contributed by atoms with Gasteiger partial charge in [-0.05, 0) is 37.9 Å². The molecule has 4 rings (SSSR count). The molecule has 1 aromatic heterocycles. The molecule has 2 unspecified atom stereocenters. The molecule has 2 saturated heterocycles. The van der Waals surface area contributed by atoms with Gasteiger partial charge >= 0.3 is 0 Å². The number of hydrogen-bond acceptors (Lipinski definition) is 4. The second-order valence-electron chi connectivity index (χ2n) is 6.04. The number of fused-ring (bicyclic) bond motifs is 3. The van der Waals surface area contributed by atoms with Crippen molar-refractivity contribution < 1.29 is 8.42 Å². The number of sulfonamides is 1. The van der Waals surface area contributed by atoms with Crippen LogP contribution in [0.1, 0.15) is 19.3 Å². The first kappa shape index (κ1) is 14.1. The number of para-hydroxylation sites is 1. The molecule has 2 aliphatic rings. The van der Waals surface area contributed by atoms with Crippen molar-refractivity contribution in [3.8, 4) is 0 Å². The van der Waals surface area contributed by atoms with Crippen molar-refractivity contribution in [3.05, 3.63) is 36.5 Å². The molecule has 2 atom stereocenters. The van der Waals surface area contributed by atoms with Crippen LogP contribution in [-0.2, 0) is 10.0 Å². The van der Waals surface area contributed by atoms with E-state index in [-0.39, 0.29) is 12.1 Å². The second-order valence-corrected chi connectivity index (χ2v) is 7.86. The summed E-state index contributed by atoms with van der Waals surface area (Å²) < 4.78 is 28.3. The molecule has 2 aromatic rings. The Bertz CT molecular complexity index is 787. The van der Waals surface area contributed by atoms with Crippen molar-refractivity contribution in [2.75, 3.05) is 13.1 Å². The van der Waals surface area contributed by atoms with Crippen LogP contribution in [0.15, 0.2) is 41.4 Å². The van der Waals surface area contributed by atoms with E-state index in [2.05, 4.69) is 10.3 Å². The SMILES string of the molecule is O=S(=O)(c1cccc2cccnc12)N1C2CCNCC1CC2. The van der Waals surface area contributed by atoms with Gasteiger partial charge in [0.2, 0.25) is 10.0 Å². The Morgan fingerprint density at radius 1 is 1.09 bits per heavy atom. The molecule has 2 fully saturated rings. The minimum Gasteiger partial charge on any atom is -0.315 e. The van der Waals surface area contributed by atoms with Gasteiger partial charge in [-0.3, -0.25) is 4.98 Å². The fourth-order valence-electron chi connectivity index (χ4n) is 3.73. The lowest BCUT2D eigenvalue weighted by Gasteiger charge is -2.27. The van der Waals surface area contributed by atoms with Crippen LogP contribution >= 0.6 is 0 Å². The van der Waals surface area contributed by atoms with Crippen LogP contribution in [-0.4, -0.2) is 42.9 Å². The maximum Gasteiger partial charge on any atom is 0.245 e. The van der Waals surface area contributed by atoms with E-state index >= 15 is 0 Å². The molecule has 2 aliphatic heterocycles. The maximum atomic E-state index is 13.3. The Labute approximate surface area is 130 Å². The third kappa shape index (κ3) is 2.14. The molecular formula is C16H19N3O2S. The Morgan fingerprint density at radius 3 is 2.82 bits per heavy atom. The number of nitrogens with one attached hydrogen (secondary N) is 1. The topological polar surface area (TPSA) is 62.3 Å². The average molecular weight is 317 g/mol. The number of hydrogen-bond donors (Lipinski definition) is 1. The molecule has 0 amide bonds. The summed E-state index contributed by atoms with van der Waals surface area (Å²) >= 11 is 0. The van der Waals surface area contributed by atoms with Crippen LogP contribution < -0.4 is 5.32 Å². The average Bonchev–Trinajstić information content (AvgIpc) is 2.80. The van der Waals surface area contributed by atoms with Crippen molar-refractivity contribution in [2.45, 2.75) is 36.2 Å². The van der Waals surface area contributed by atoms with Gasteiger partial charge < -0.3 is 5.32 Å². The van der Waals surface area contributed by atoms with Crippen molar-refractivity contribution in [3.63, 3.8) is 0 Å². The maximum absolute atomic E-state index is 13.3. The first-order valence-corrected chi connectivity index (χ1v) is 9.20. The van der Waals surface area contributed by atoms with Crippen LogP contribution in [0, 0.1) is 0 Å². The molecule has 6 heteroatoms. The molecule has 22 heavy (non-hydrogen) atoms. The Balaban J connectivity index is 1.86. The normalized spacial score (nSPS) is 26.2. The third-order valence-corrected chi connectivity index (χ3v) is 6.77. The summed E-state index contributed by atoms with van der Waals surface area (Å²) in [6.45, 7) is 1.63. The summed E-state index contributed by atoms with van der Waals surface area (Å²) in [7, 11) is -3.52. The first-order valence-electron chi connectivity index (χ1n) is 7.76. The summed E-state index contributed by atoms with van der Waals surface area (Å²) in [4.78, 5) is 4.65. The summed E-state index contributed by atoms with van der Waals surface area (Å²) in [6.07, 6.45) is 4.44. The van der Waals surface area contributed by atoms with E-state index < -0.39 is 10.0 Å². The molecule has 116 valence electrons. The predicted molar refractivity (Wildman–Crippen MR) is 85.1 cm³/mol. The molecule has 1 aromatic carbocycles. The van der Waals surface area contributed by atoms with Gasteiger partial charge in [0.05, 0.1) is 5.52 Å². The van der Waals surface area contributed by atoms with Crippen LogP contribution in [0.3, 0.4) is 0 Å². The van der Waals surface area contributed by atoms with E-state index in [1.54, 1.807) is 22.6 Å². The molecule has 1 N–H and O–H groups in total. The number of rotatable bonds is 2. The lowest BCUT2D eigenvalue weighted by atomic mass is 10.1. The highest BCUT2D eigenvalue weighted by Gasteiger charge is 2.43. The fourth-order valence-corrected chi connectivity index (χ4v) is 5.80. The molecule has 0 radical (unpaired) electrons. The van der Waals surface area contributed by atoms with Gasteiger partial charge in [0.1, 0.15) is 4.90 Å². The van der Waals surface area contributed by atoms with Gasteiger partial charge in [0.15, 0.2) is 0 Å². The van der Waals surface area contributed by atoms with Crippen LogP contribution in [0.5, 0.6) is 0 Å². The highest BCUT2D eigenvalue weighted by Crippen LogP contribution is 2.35. The summed E-state index contributed by atoms with van der Waals surface area (Å²) in [5.41, 5.74) is 0.571. The van der Waals surface area contributed by atoms with Crippen LogP contribution in [0.25, 0.3) is 10.9 Å². The minimum atomic E-state index is -3.52. The molecule has 0 saturated carbocycles. The highest BCUT2D eigenvalue weighted by atomic mass is 32.2. The minimum absolute atomic E-state index is 0.0662. The molecule has 3 heterocycles. The predicted octanol–water partition coefficient (Wildman–Crippen LogP) is 1.75. The zero-order valence-corrected chi connectivity index (χ0v) is 13.1. The molecule has 5 nitrogen and oxygen atoms in total. The van der Waals surface area contributed by atoms with Crippen molar-refractivity contribution in [2.24, 2.45) is 0 Å². The Hall–Kier alpha value is -1.50. The van der Waals surface area contributed by atoms with Gasteiger partial charge in [-0.2, -0.15) is 4.31 Å². The second kappa shape index (κ2) is 5.30. The molecule has 0 aliphatic carbocycles. The van der Waals surface area contributed by atoms with E-state index in [9.17, 15) is 8.42 Å². The standard InChI is InChI=1S/C16H19N3O2S/c20-22(21,19-13-6-7-14(19)11-17-10-8-13)15-5-1-3-12-4-2-9-18-16(12)15/h1-5,9,13-14,17H,6-8,10-11H2. The number of benzene rings is 1. The summed E-state index contributed by atoms with van der Waals surface area (Å²) in [5, 5.41) is 4.21. The molecule has 2 bridgehead atoms. The monoisotopic (exact) mass is 317 g/mol.